The molecule has 0 radical (unpaired) electrons. The minimum absolute atomic E-state index is 0.00273. The SMILES string of the molecule is C=C1CCC[C@]2(C)C[C@H]3OC(=O)[C@H](CN4CCN(c5ccc(N([O-])O)cc5)CC4)[C@@H]3C[C@@H]12. The number of carbonyl (C=O) groups excluding carboxylic acids is 1. The average Bonchev–Trinajstić information content (AvgIpc) is 3.06. The predicted octanol–water partition coefficient (Wildman–Crippen LogP) is 3.82. The highest BCUT2D eigenvalue weighted by Gasteiger charge is 2.55. The van der Waals surface area contributed by atoms with Crippen molar-refractivity contribution in [3.8, 4) is 0 Å². The molecule has 1 aromatic rings. The van der Waals surface area contributed by atoms with Crippen molar-refractivity contribution in [2.24, 2.45) is 23.2 Å². The number of anilines is 2. The number of benzene rings is 1. The van der Waals surface area contributed by atoms with Crippen molar-refractivity contribution >= 4 is 17.3 Å². The zero-order valence-electron chi connectivity index (χ0n) is 18.9. The van der Waals surface area contributed by atoms with Gasteiger partial charge in [0.2, 0.25) is 0 Å². The second-order valence-electron chi connectivity index (χ2n) is 10.5. The maximum atomic E-state index is 12.8. The Morgan fingerprint density at radius 1 is 1.25 bits per heavy atom. The summed E-state index contributed by atoms with van der Waals surface area (Å²) in [5.41, 5.74) is 2.89. The summed E-state index contributed by atoms with van der Waals surface area (Å²) in [6.07, 6.45) is 5.67. The van der Waals surface area contributed by atoms with Gasteiger partial charge in [-0.25, -0.2) is 0 Å². The van der Waals surface area contributed by atoms with Crippen LogP contribution in [0.4, 0.5) is 11.4 Å². The van der Waals surface area contributed by atoms with Crippen LogP contribution in [0, 0.1) is 28.4 Å². The minimum atomic E-state index is -0.119. The van der Waals surface area contributed by atoms with Gasteiger partial charge >= 0.3 is 5.97 Å². The van der Waals surface area contributed by atoms with Gasteiger partial charge in [0.25, 0.3) is 0 Å². The summed E-state index contributed by atoms with van der Waals surface area (Å²) >= 11 is 0. The fourth-order valence-electron chi connectivity index (χ4n) is 6.72. The lowest BCUT2D eigenvalue weighted by atomic mass is 9.55. The quantitative estimate of drug-likeness (QED) is 0.433. The van der Waals surface area contributed by atoms with Gasteiger partial charge in [0.05, 0.1) is 11.6 Å². The third-order valence-electron chi connectivity index (χ3n) is 8.58. The lowest BCUT2D eigenvalue weighted by Crippen LogP contribution is -2.50. The van der Waals surface area contributed by atoms with Crippen molar-refractivity contribution in [1.29, 1.82) is 0 Å². The van der Waals surface area contributed by atoms with Crippen molar-refractivity contribution in [1.82, 2.24) is 4.90 Å². The number of piperazine rings is 1. The highest BCUT2D eigenvalue weighted by atomic mass is 16.8. The van der Waals surface area contributed by atoms with Gasteiger partial charge in [0.1, 0.15) is 6.10 Å². The van der Waals surface area contributed by atoms with Crippen molar-refractivity contribution in [2.45, 2.75) is 45.1 Å². The summed E-state index contributed by atoms with van der Waals surface area (Å²) in [5, 5.41) is 19.9. The van der Waals surface area contributed by atoms with E-state index < -0.39 is 0 Å². The van der Waals surface area contributed by atoms with E-state index in [0.29, 0.717) is 11.8 Å². The highest BCUT2D eigenvalue weighted by molar-refractivity contribution is 5.75. The molecule has 5 rings (SSSR count). The van der Waals surface area contributed by atoms with Crippen LogP contribution in [-0.4, -0.2) is 54.9 Å². The molecule has 2 aliphatic heterocycles. The normalized spacial score (nSPS) is 35.3. The first kappa shape index (κ1) is 21.7. The fourth-order valence-corrected chi connectivity index (χ4v) is 6.72. The maximum absolute atomic E-state index is 12.8. The molecular weight excluding hydrogens is 406 g/mol. The monoisotopic (exact) mass is 440 g/mol. The Morgan fingerprint density at radius 2 is 1.97 bits per heavy atom. The molecule has 0 bridgehead atoms. The van der Waals surface area contributed by atoms with Crippen LogP contribution in [0.25, 0.3) is 0 Å². The standard InChI is InChI=1S/C25H34N3O4/c1-17-4-3-9-25(2)15-23-20(14-22(17)25)21(24(29)32-23)16-26-10-12-27(13-11-26)18-5-7-19(8-6-18)28(30)31/h5-8,20-23,30H,1,3-4,9-16H2,2H3/q-1/t20-,21+,22-,23+,25+/m0/s1. The van der Waals surface area contributed by atoms with Crippen LogP contribution in [-0.2, 0) is 9.53 Å². The molecule has 2 saturated carbocycles. The number of rotatable bonds is 4. The molecule has 174 valence electrons. The molecule has 0 amide bonds. The Hall–Kier alpha value is -2.09. The van der Waals surface area contributed by atoms with Gasteiger partial charge in [-0.2, -0.15) is 0 Å². The Balaban J connectivity index is 1.20. The number of carbonyl (C=O) groups is 1. The predicted molar refractivity (Wildman–Crippen MR) is 123 cm³/mol. The average molecular weight is 441 g/mol. The summed E-state index contributed by atoms with van der Waals surface area (Å²) in [4.78, 5) is 17.5. The van der Waals surface area contributed by atoms with Crippen molar-refractivity contribution in [2.75, 3.05) is 42.9 Å². The van der Waals surface area contributed by atoms with Gasteiger partial charge in [-0.15, -0.1) is 0 Å². The number of nitrogens with zero attached hydrogens (tertiary/aromatic N) is 3. The van der Waals surface area contributed by atoms with Crippen LogP contribution in [0.1, 0.15) is 39.0 Å². The Kier molecular flexibility index (Phi) is 5.68. The number of fused-ring (bicyclic) bond motifs is 2. The van der Waals surface area contributed by atoms with E-state index in [4.69, 9.17) is 9.94 Å². The molecule has 5 atom stereocenters. The van der Waals surface area contributed by atoms with Crippen LogP contribution >= 0.6 is 0 Å². The zero-order valence-corrected chi connectivity index (χ0v) is 18.9. The second-order valence-corrected chi connectivity index (χ2v) is 10.5. The van der Waals surface area contributed by atoms with Crippen molar-refractivity contribution in [3.05, 3.63) is 41.6 Å². The molecule has 1 N–H and O–H groups in total. The third-order valence-corrected chi connectivity index (χ3v) is 8.58. The lowest BCUT2D eigenvalue weighted by molar-refractivity contribution is -0.146. The van der Waals surface area contributed by atoms with E-state index in [0.717, 1.165) is 57.7 Å². The van der Waals surface area contributed by atoms with E-state index in [-0.39, 0.29) is 34.3 Å². The molecule has 4 fully saturated rings. The molecule has 2 aliphatic carbocycles. The first-order valence-electron chi connectivity index (χ1n) is 12.0. The van der Waals surface area contributed by atoms with Crippen molar-refractivity contribution in [3.63, 3.8) is 0 Å². The number of esters is 1. The van der Waals surface area contributed by atoms with E-state index in [1.54, 1.807) is 12.1 Å². The molecule has 1 aromatic carbocycles. The van der Waals surface area contributed by atoms with Gasteiger partial charge < -0.3 is 20.1 Å². The zero-order chi connectivity index (χ0) is 22.5. The molecule has 7 heteroatoms. The van der Waals surface area contributed by atoms with E-state index in [1.165, 1.54) is 18.4 Å². The molecule has 2 heterocycles. The Labute approximate surface area is 190 Å². The minimum Gasteiger partial charge on any atom is -0.733 e. The molecule has 0 spiro atoms. The van der Waals surface area contributed by atoms with Crippen LogP contribution in [0.3, 0.4) is 0 Å². The fraction of sp³-hybridized carbons (Fsp3) is 0.640. The first-order chi connectivity index (χ1) is 15.3. The molecule has 0 unspecified atom stereocenters. The summed E-state index contributed by atoms with van der Waals surface area (Å²) in [6, 6.07) is 6.97. The van der Waals surface area contributed by atoms with Crippen LogP contribution in [0.15, 0.2) is 36.4 Å². The maximum Gasteiger partial charge on any atom is 0.310 e. The Bertz CT molecular complexity index is 864. The number of ether oxygens (including phenoxy) is 1. The van der Waals surface area contributed by atoms with Crippen molar-refractivity contribution < 1.29 is 14.7 Å². The first-order valence-corrected chi connectivity index (χ1v) is 12.0. The van der Waals surface area contributed by atoms with Crippen LogP contribution in [0.5, 0.6) is 0 Å². The number of hydrogen-bond acceptors (Lipinski definition) is 7. The van der Waals surface area contributed by atoms with Gasteiger partial charge in [-0.1, -0.05) is 19.1 Å². The van der Waals surface area contributed by atoms with Gasteiger partial charge in [0, 0.05) is 44.3 Å². The summed E-state index contributed by atoms with van der Waals surface area (Å²) in [6.45, 7) is 11.1. The smallest absolute Gasteiger partial charge is 0.310 e. The topological polar surface area (TPSA) is 79.3 Å². The molecule has 2 saturated heterocycles. The van der Waals surface area contributed by atoms with Gasteiger partial charge in [-0.3, -0.25) is 14.9 Å². The third kappa shape index (κ3) is 3.91. The van der Waals surface area contributed by atoms with E-state index in [1.807, 2.05) is 12.1 Å². The Morgan fingerprint density at radius 3 is 2.66 bits per heavy atom. The number of allylic oxidation sites excluding steroid dienone is 1. The highest BCUT2D eigenvalue weighted by Crippen LogP contribution is 2.56. The van der Waals surface area contributed by atoms with E-state index in [9.17, 15) is 10.0 Å². The van der Waals surface area contributed by atoms with E-state index in [2.05, 4.69) is 23.3 Å². The summed E-state index contributed by atoms with van der Waals surface area (Å²) < 4.78 is 5.93. The molecule has 4 aliphatic rings. The van der Waals surface area contributed by atoms with Gasteiger partial charge in [0.15, 0.2) is 0 Å². The lowest BCUT2D eigenvalue weighted by Gasteiger charge is -2.50. The van der Waals surface area contributed by atoms with Crippen LogP contribution in [0.2, 0.25) is 0 Å². The van der Waals surface area contributed by atoms with Crippen LogP contribution < -0.4 is 10.1 Å². The summed E-state index contributed by atoms with van der Waals surface area (Å²) in [7, 11) is 0. The number of hydrogen-bond donors (Lipinski definition) is 1. The van der Waals surface area contributed by atoms with Gasteiger partial charge in [-0.05, 0) is 67.7 Å². The summed E-state index contributed by atoms with van der Waals surface area (Å²) in [5.74, 6) is 0.808. The largest absolute Gasteiger partial charge is 0.733 e. The molecule has 32 heavy (non-hydrogen) atoms. The molecule has 0 aromatic heterocycles. The molecular formula is C25H34N3O4-. The van der Waals surface area contributed by atoms with E-state index >= 15 is 0 Å². The second kappa shape index (κ2) is 8.36. The molecule has 7 nitrogen and oxygen atoms in total.